The van der Waals surface area contributed by atoms with E-state index in [1.54, 1.807) is 0 Å². The van der Waals surface area contributed by atoms with Gasteiger partial charge in [0.2, 0.25) is 0 Å². The molecule has 118 valence electrons. The van der Waals surface area contributed by atoms with Crippen LogP contribution >= 0.6 is 0 Å². The summed E-state index contributed by atoms with van der Waals surface area (Å²) in [6.45, 7) is 15.8. The minimum Gasteiger partial charge on any atom is -0.309 e. The molecule has 0 aliphatic carbocycles. The molecule has 2 unspecified atom stereocenters. The second-order valence-electron chi connectivity index (χ2n) is 6.26. The summed E-state index contributed by atoms with van der Waals surface area (Å²) in [7, 11) is 0. The molecule has 0 aromatic heterocycles. The Hall–Kier alpha value is -0.900. The van der Waals surface area contributed by atoms with E-state index in [9.17, 15) is 0 Å². The number of benzene rings is 1. The van der Waals surface area contributed by atoms with Crippen molar-refractivity contribution >= 4 is 0 Å². The van der Waals surface area contributed by atoms with Crippen LogP contribution in [0.1, 0.15) is 37.9 Å². The number of rotatable bonds is 6. The van der Waals surface area contributed by atoms with E-state index in [0.717, 1.165) is 13.1 Å². The van der Waals surface area contributed by atoms with Crippen molar-refractivity contribution in [1.29, 1.82) is 0 Å². The Morgan fingerprint density at radius 3 is 2.48 bits per heavy atom. The second kappa shape index (κ2) is 7.92. The van der Waals surface area contributed by atoms with Crippen LogP contribution in [0.2, 0.25) is 0 Å². The van der Waals surface area contributed by atoms with Gasteiger partial charge in [0.15, 0.2) is 0 Å². The minimum absolute atomic E-state index is 0.441. The van der Waals surface area contributed by atoms with Gasteiger partial charge in [-0.15, -0.1) is 0 Å². The highest BCUT2D eigenvalue weighted by Crippen LogP contribution is 2.18. The van der Waals surface area contributed by atoms with Gasteiger partial charge in [0.25, 0.3) is 0 Å². The lowest BCUT2D eigenvalue weighted by Gasteiger charge is -2.40. The van der Waals surface area contributed by atoms with Crippen LogP contribution in [0.15, 0.2) is 24.3 Å². The SMILES string of the molecule is CCNC(CN1CCN(CC)C(C)C1)c1ccc(C)cc1. The van der Waals surface area contributed by atoms with Gasteiger partial charge in [-0.25, -0.2) is 0 Å². The van der Waals surface area contributed by atoms with Crippen LogP contribution < -0.4 is 5.32 Å². The summed E-state index contributed by atoms with van der Waals surface area (Å²) in [5.74, 6) is 0. The molecule has 3 nitrogen and oxygen atoms in total. The zero-order chi connectivity index (χ0) is 15.2. The molecule has 1 aliphatic heterocycles. The summed E-state index contributed by atoms with van der Waals surface area (Å²) in [5.41, 5.74) is 2.74. The number of aryl methyl sites for hydroxylation is 1. The van der Waals surface area contributed by atoms with Gasteiger partial charge in [0, 0.05) is 38.3 Å². The van der Waals surface area contributed by atoms with Crippen LogP contribution in [0.25, 0.3) is 0 Å². The number of nitrogens with one attached hydrogen (secondary N) is 1. The molecule has 0 radical (unpaired) electrons. The van der Waals surface area contributed by atoms with E-state index in [2.05, 4.69) is 67.1 Å². The van der Waals surface area contributed by atoms with Gasteiger partial charge < -0.3 is 5.32 Å². The molecule has 3 heteroatoms. The third kappa shape index (κ3) is 4.53. The van der Waals surface area contributed by atoms with E-state index >= 15 is 0 Å². The molecule has 0 saturated carbocycles. The Labute approximate surface area is 130 Å². The van der Waals surface area contributed by atoms with Gasteiger partial charge in [-0.1, -0.05) is 43.7 Å². The van der Waals surface area contributed by atoms with Crippen molar-refractivity contribution < 1.29 is 0 Å². The van der Waals surface area contributed by atoms with Crippen molar-refractivity contribution in [3.63, 3.8) is 0 Å². The summed E-state index contributed by atoms with van der Waals surface area (Å²) >= 11 is 0. The van der Waals surface area contributed by atoms with Crippen LogP contribution in [0, 0.1) is 6.92 Å². The molecule has 1 aromatic carbocycles. The maximum absolute atomic E-state index is 3.65. The highest BCUT2D eigenvalue weighted by atomic mass is 15.3. The predicted molar refractivity (Wildman–Crippen MR) is 90.7 cm³/mol. The molecule has 21 heavy (non-hydrogen) atoms. The summed E-state index contributed by atoms with van der Waals surface area (Å²) in [5, 5.41) is 3.65. The van der Waals surface area contributed by atoms with Gasteiger partial charge in [-0.3, -0.25) is 9.80 Å². The molecule has 1 heterocycles. The summed E-state index contributed by atoms with van der Waals surface area (Å²) < 4.78 is 0. The van der Waals surface area contributed by atoms with Crippen LogP contribution in [0.3, 0.4) is 0 Å². The van der Waals surface area contributed by atoms with Gasteiger partial charge >= 0.3 is 0 Å². The lowest BCUT2D eigenvalue weighted by molar-refractivity contribution is 0.0813. The molecule has 1 fully saturated rings. The lowest BCUT2D eigenvalue weighted by atomic mass is 10.0. The van der Waals surface area contributed by atoms with Crippen molar-refractivity contribution in [2.75, 3.05) is 39.3 Å². The Bertz CT molecular complexity index is 415. The van der Waals surface area contributed by atoms with Crippen LogP contribution in [-0.2, 0) is 0 Å². The van der Waals surface area contributed by atoms with E-state index in [4.69, 9.17) is 0 Å². The maximum atomic E-state index is 3.65. The Balaban J connectivity index is 1.98. The summed E-state index contributed by atoms with van der Waals surface area (Å²) in [6.07, 6.45) is 0. The molecule has 0 spiro atoms. The third-order valence-corrected chi connectivity index (χ3v) is 4.63. The van der Waals surface area contributed by atoms with Gasteiger partial charge in [0.05, 0.1) is 0 Å². The van der Waals surface area contributed by atoms with Gasteiger partial charge in [-0.2, -0.15) is 0 Å². The highest BCUT2D eigenvalue weighted by molar-refractivity contribution is 5.24. The average molecular weight is 289 g/mol. The smallest absolute Gasteiger partial charge is 0.0449 e. The second-order valence-corrected chi connectivity index (χ2v) is 6.26. The molecule has 2 rings (SSSR count). The monoisotopic (exact) mass is 289 g/mol. The lowest BCUT2D eigenvalue weighted by Crippen LogP contribution is -2.53. The van der Waals surface area contributed by atoms with Crippen LogP contribution in [0.4, 0.5) is 0 Å². The molecule has 1 aliphatic rings. The van der Waals surface area contributed by atoms with Crippen molar-refractivity contribution in [2.24, 2.45) is 0 Å². The number of piperazine rings is 1. The molecule has 2 atom stereocenters. The molecule has 1 N–H and O–H groups in total. The molecule has 0 bridgehead atoms. The third-order valence-electron chi connectivity index (χ3n) is 4.63. The van der Waals surface area contributed by atoms with Crippen molar-refractivity contribution in [2.45, 2.75) is 39.8 Å². The highest BCUT2D eigenvalue weighted by Gasteiger charge is 2.24. The number of hydrogen-bond donors (Lipinski definition) is 1. The van der Waals surface area contributed by atoms with E-state index < -0.39 is 0 Å². The predicted octanol–water partition coefficient (Wildman–Crippen LogP) is 2.67. The fourth-order valence-corrected chi connectivity index (χ4v) is 3.30. The fraction of sp³-hybridized carbons (Fsp3) is 0.667. The number of nitrogens with zero attached hydrogens (tertiary/aromatic N) is 2. The molecule has 1 aromatic rings. The van der Waals surface area contributed by atoms with E-state index in [1.807, 2.05) is 0 Å². The number of likely N-dealkylation sites (N-methyl/N-ethyl adjacent to an activating group) is 2. The quantitative estimate of drug-likeness (QED) is 0.868. The number of hydrogen-bond acceptors (Lipinski definition) is 3. The van der Waals surface area contributed by atoms with Crippen molar-refractivity contribution in [3.05, 3.63) is 35.4 Å². The Morgan fingerprint density at radius 2 is 1.90 bits per heavy atom. The standard InChI is InChI=1S/C18H31N3/c1-5-19-18(17-9-7-15(3)8-10-17)14-20-11-12-21(6-2)16(4)13-20/h7-10,16,18-19H,5-6,11-14H2,1-4H3. The zero-order valence-corrected chi connectivity index (χ0v) is 14.1. The van der Waals surface area contributed by atoms with Gasteiger partial charge in [-0.05, 0) is 32.5 Å². The topological polar surface area (TPSA) is 18.5 Å². The first kappa shape index (κ1) is 16.5. The van der Waals surface area contributed by atoms with Crippen LogP contribution in [0.5, 0.6) is 0 Å². The van der Waals surface area contributed by atoms with E-state index in [1.165, 1.54) is 37.3 Å². The van der Waals surface area contributed by atoms with Crippen LogP contribution in [-0.4, -0.2) is 55.1 Å². The Kier molecular flexibility index (Phi) is 6.22. The summed E-state index contributed by atoms with van der Waals surface area (Å²) in [4.78, 5) is 5.19. The first-order valence-electron chi connectivity index (χ1n) is 8.40. The molecular formula is C18H31N3. The van der Waals surface area contributed by atoms with Crippen molar-refractivity contribution in [3.8, 4) is 0 Å². The maximum Gasteiger partial charge on any atom is 0.0449 e. The van der Waals surface area contributed by atoms with Crippen molar-refractivity contribution in [1.82, 2.24) is 15.1 Å². The minimum atomic E-state index is 0.441. The van der Waals surface area contributed by atoms with E-state index in [-0.39, 0.29) is 0 Å². The molecule has 1 saturated heterocycles. The normalized spacial score (nSPS) is 22.4. The van der Waals surface area contributed by atoms with E-state index in [0.29, 0.717) is 12.1 Å². The Morgan fingerprint density at radius 1 is 1.19 bits per heavy atom. The average Bonchev–Trinajstić information content (AvgIpc) is 2.48. The first-order valence-corrected chi connectivity index (χ1v) is 8.40. The zero-order valence-electron chi connectivity index (χ0n) is 14.1. The largest absolute Gasteiger partial charge is 0.309 e. The molecular weight excluding hydrogens is 258 g/mol. The summed E-state index contributed by atoms with van der Waals surface area (Å²) in [6, 6.07) is 10.1. The molecule has 0 amide bonds. The van der Waals surface area contributed by atoms with Gasteiger partial charge in [0.1, 0.15) is 0 Å². The fourth-order valence-electron chi connectivity index (χ4n) is 3.30. The first-order chi connectivity index (χ1) is 10.1.